The first kappa shape index (κ1) is 19.1. The highest BCUT2D eigenvalue weighted by atomic mass is 32.2. The Balaban J connectivity index is 1.43. The molecule has 27 heavy (non-hydrogen) atoms. The molecule has 2 aromatic carbocycles. The highest BCUT2D eigenvalue weighted by molar-refractivity contribution is 7.89. The number of carbonyl (C=O) groups excluding carboxylic acids is 2. The molecule has 1 amide bonds. The van der Waals surface area contributed by atoms with E-state index in [0.717, 1.165) is 17.7 Å². The fourth-order valence-electron chi connectivity index (χ4n) is 2.86. The quantitative estimate of drug-likeness (QED) is 0.726. The minimum Gasteiger partial charge on any atom is -0.456 e. The summed E-state index contributed by atoms with van der Waals surface area (Å²) in [6.45, 7) is 0.0992. The number of rotatable bonds is 7. The van der Waals surface area contributed by atoms with Gasteiger partial charge in [0, 0.05) is 18.8 Å². The van der Waals surface area contributed by atoms with Gasteiger partial charge in [0.2, 0.25) is 10.0 Å². The van der Waals surface area contributed by atoms with E-state index in [9.17, 15) is 18.0 Å². The van der Waals surface area contributed by atoms with Gasteiger partial charge < -0.3 is 9.64 Å². The van der Waals surface area contributed by atoms with E-state index in [1.165, 1.54) is 12.1 Å². The maximum Gasteiger partial charge on any atom is 0.307 e. The summed E-state index contributed by atoms with van der Waals surface area (Å²) < 4.78 is 31.4. The molecule has 0 aromatic heterocycles. The molecule has 0 saturated carbocycles. The molecule has 0 bridgehead atoms. The maximum atomic E-state index is 12.3. The van der Waals surface area contributed by atoms with Crippen molar-refractivity contribution in [2.75, 3.05) is 24.6 Å². The Morgan fingerprint density at radius 1 is 1.04 bits per heavy atom. The molecule has 0 saturated heterocycles. The molecule has 0 radical (unpaired) electrons. The van der Waals surface area contributed by atoms with Gasteiger partial charge in [0.15, 0.2) is 6.61 Å². The van der Waals surface area contributed by atoms with Crippen molar-refractivity contribution in [3.8, 4) is 0 Å². The molecule has 1 aliphatic rings. The molecule has 3 rings (SSSR count). The van der Waals surface area contributed by atoms with Crippen LogP contribution in [0.15, 0.2) is 59.5 Å². The van der Waals surface area contributed by atoms with Crippen LogP contribution in [-0.2, 0) is 30.8 Å². The molecule has 2 aromatic rings. The zero-order chi connectivity index (χ0) is 19.3. The molecule has 0 spiro atoms. The topological polar surface area (TPSA) is 92.8 Å². The van der Waals surface area contributed by atoms with E-state index in [1.54, 1.807) is 23.1 Å². The number of nitrogens with one attached hydrogen (secondary N) is 1. The SMILES string of the molecule is O=C(CCNS(=O)(=O)c1ccccc1)OCC(=O)N1CCc2ccccc21. The van der Waals surface area contributed by atoms with Crippen LogP contribution in [-0.4, -0.2) is 40.0 Å². The molecule has 0 unspecified atom stereocenters. The van der Waals surface area contributed by atoms with Crippen molar-refractivity contribution in [2.24, 2.45) is 0 Å². The first-order valence-corrected chi connectivity index (χ1v) is 10.0. The molecule has 1 heterocycles. The number of ether oxygens (including phenoxy) is 1. The average molecular weight is 388 g/mol. The molecule has 8 heteroatoms. The fourth-order valence-corrected chi connectivity index (χ4v) is 3.91. The predicted molar refractivity (Wildman–Crippen MR) is 99.7 cm³/mol. The van der Waals surface area contributed by atoms with E-state index in [1.807, 2.05) is 24.3 Å². The second kappa shape index (κ2) is 8.32. The summed E-state index contributed by atoms with van der Waals surface area (Å²) in [4.78, 5) is 25.8. The zero-order valence-corrected chi connectivity index (χ0v) is 15.4. The van der Waals surface area contributed by atoms with Gasteiger partial charge in [-0.05, 0) is 30.2 Å². The average Bonchev–Trinajstić information content (AvgIpc) is 3.11. The van der Waals surface area contributed by atoms with Crippen molar-refractivity contribution in [2.45, 2.75) is 17.7 Å². The van der Waals surface area contributed by atoms with Crippen LogP contribution in [0.3, 0.4) is 0 Å². The smallest absolute Gasteiger partial charge is 0.307 e. The van der Waals surface area contributed by atoms with E-state index in [2.05, 4.69) is 4.72 Å². The van der Waals surface area contributed by atoms with Gasteiger partial charge in [-0.2, -0.15) is 0 Å². The van der Waals surface area contributed by atoms with E-state index in [4.69, 9.17) is 4.74 Å². The lowest BCUT2D eigenvalue weighted by molar-refractivity contribution is -0.147. The number of fused-ring (bicyclic) bond motifs is 1. The summed E-state index contributed by atoms with van der Waals surface area (Å²) in [5.41, 5.74) is 1.93. The van der Waals surface area contributed by atoms with Gasteiger partial charge >= 0.3 is 5.97 Å². The molecule has 1 aliphatic heterocycles. The number of carbonyl (C=O) groups is 2. The first-order chi connectivity index (χ1) is 13.0. The standard InChI is InChI=1S/C19H20N2O5S/c22-18(21-13-11-15-6-4-5-9-17(15)21)14-26-19(23)10-12-20-27(24,25)16-7-2-1-3-8-16/h1-9,20H,10-14H2. The summed E-state index contributed by atoms with van der Waals surface area (Å²) in [6.07, 6.45) is 0.618. The number of anilines is 1. The largest absolute Gasteiger partial charge is 0.456 e. The van der Waals surface area contributed by atoms with Crippen molar-refractivity contribution in [3.63, 3.8) is 0 Å². The number of esters is 1. The fraction of sp³-hybridized carbons (Fsp3) is 0.263. The van der Waals surface area contributed by atoms with Crippen molar-refractivity contribution in [1.82, 2.24) is 4.72 Å². The second-order valence-corrected chi connectivity index (χ2v) is 7.81. The first-order valence-electron chi connectivity index (χ1n) is 8.56. The Hall–Kier alpha value is -2.71. The molecule has 1 N–H and O–H groups in total. The zero-order valence-electron chi connectivity index (χ0n) is 14.6. The number of amides is 1. The van der Waals surface area contributed by atoms with Crippen LogP contribution >= 0.6 is 0 Å². The highest BCUT2D eigenvalue weighted by Crippen LogP contribution is 2.27. The molecule has 142 valence electrons. The van der Waals surface area contributed by atoms with Crippen molar-refractivity contribution in [3.05, 3.63) is 60.2 Å². The minimum absolute atomic E-state index is 0.100. The third kappa shape index (κ3) is 4.72. The third-order valence-corrected chi connectivity index (χ3v) is 5.70. The summed E-state index contributed by atoms with van der Waals surface area (Å²) in [6, 6.07) is 15.5. The maximum absolute atomic E-state index is 12.3. The second-order valence-electron chi connectivity index (χ2n) is 6.05. The Morgan fingerprint density at radius 2 is 1.74 bits per heavy atom. The van der Waals surface area contributed by atoms with E-state index >= 15 is 0 Å². The molecule has 0 aliphatic carbocycles. The lowest BCUT2D eigenvalue weighted by Crippen LogP contribution is -2.33. The predicted octanol–water partition coefficient (Wildman–Crippen LogP) is 1.49. The number of benzene rings is 2. The van der Waals surface area contributed by atoms with Crippen molar-refractivity contribution >= 4 is 27.6 Å². The number of nitrogens with zero attached hydrogens (tertiary/aromatic N) is 1. The minimum atomic E-state index is -3.67. The summed E-state index contributed by atoms with van der Waals surface area (Å²) >= 11 is 0. The third-order valence-electron chi connectivity index (χ3n) is 4.22. The van der Waals surface area contributed by atoms with Crippen LogP contribution in [0.2, 0.25) is 0 Å². The Labute approximate surface area is 158 Å². The van der Waals surface area contributed by atoms with Gasteiger partial charge in [0.1, 0.15) is 0 Å². The van der Waals surface area contributed by atoms with Gasteiger partial charge in [-0.1, -0.05) is 36.4 Å². The number of sulfonamides is 1. The van der Waals surface area contributed by atoms with Crippen LogP contribution < -0.4 is 9.62 Å². The lowest BCUT2D eigenvalue weighted by Gasteiger charge is -2.17. The normalized spacial score (nSPS) is 13.3. The summed E-state index contributed by atoms with van der Waals surface area (Å²) in [5.74, 6) is -0.926. The van der Waals surface area contributed by atoms with Gasteiger partial charge in [-0.3, -0.25) is 9.59 Å². The summed E-state index contributed by atoms with van der Waals surface area (Å²) in [7, 11) is -3.67. The Bertz CT molecular complexity index is 928. The molecule has 0 atom stereocenters. The van der Waals surface area contributed by atoms with Crippen LogP contribution in [0.5, 0.6) is 0 Å². The van der Waals surface area contributed by atoms with Gasteiger partial charge in [-0.25, -0.2) is 13.1 Å². The Kier molecular flexibility index (Phi) is 5.88. The van der Waals surface area contributed by atoms with Crippen LogP contribution in [0.4, 0.5) is 5.69 Å². The molecular weight excluding hydrogens is 368 g/mol. The van der Waals surface area contributed by atoms with E-state index in [-0.39, 0.29) is 30.4 Å². The van der Waals surface area contributed by atoms with E-state index in [0.29, 0.717) is 6.54 Å². The van der Waals surface area contributed by atoms with Gasteiger partial charge in [-0.15, -0.1) is 0 Å². The van der Waals surface area contributed by atoms with Crippen molar-refractivity contribution < 1.29 is 22.7 Å². The van der Waals surface area contributed by atoms with Crippen molar-refractivity contribution in [1.29, 1.82) is 0 Å². The number of para-hydroxylation sites is 1. The van der Waals surface area contributed by atoms with Crippen LogP contribution in [0.25, 0.3) is 0 Å². The Morgan fingerprint density at radius 3 is 2.52 bits per heavy atom. The van der Waals surface area contributed by atoms with E-state index < -0.39 is 16.0 Å². The highest BCUT2D eigenvalue weighted by Gasteiger charge is 2.24. The number of hydrogen-bond acceptors (Lipinski definition) is 5. The lowest BCUT2D eigenvalue weighted by atomic mass is 10.2. The molecule has 7 nitrogen and oxygen atoms in total. The number of hydrogen-bond donors (Lipinski definition) is 1. The van der Waals surface area contributed by atoms with Crippen LogP contribution in [0, 0.1) is 0 Å². The van der Waals surface area contributed by atoms with Crippen LogP contribution in [0.1, 0.15) is 12.0 Å². The van der Waals surface area contributed by atoms with Gasteiger partial charge in [0.25, 0.3) is 5.91 Å². The molecular formula is C19H20N2O5S. The summed E-state index contributed by atoms with van der Waals surface area (Å²) in [5, 5.41) is 0. The monoisotopic (exact) mass is 388 g/mol. The molecule has 0 fully saturated rings. The van der Waals surface area contributed by atoms with Gasteiger partial charge in [0.05, 0.1) is 11.3 Å².